The molecule has 6 atom stereocenters. The largest absolute Gasteiger partial charge is 0.454 e. The highest BCUT2D eigenvalue weighted by molar-refractivity contribution is 7.15. The molecule has 0 radical (unpaired) electrons. The second kappa shape index (κ2) is 12.7. The fourth-order valence-corrected chi connectivity index (χ4v) is 4.39. The molecule has 2 saturated heterocycles. The van der Waals surface area contributed by atoms with Gasteiger partial charge in [0, 0.05) is 6.08 Å². The van der Waals surface area contributed by atoms with Gasteiger partial charge in [0.15, 0.2) is 6.10 Å². The normalized spacial score (nSPS) is 24.2. The van der Waals surface area contributed by atoms with E-state index in [0.717, 1.165) is 23.5 Å². The van der Waals surface area contributed by atoms with Crippen LogP contribution in [-0.2, 0) is 41.1 Å². The highest BCUT2D eigenvalue weighted by atomic mass is 31.0. The number of esters is 1. The van der Waals surface area contributed by atoms with Gasteiger partial charge in [-0.3, -0.25) is 0 Å². The molecule has 0 saturated carbocycles. The first kappa shape index (κ1) is 25.2. The Morgan fingerprint density at radius 1 is 0.853 bits per heavy atom. The highest BCUT2D eigenvalue weighted by Crippen LogP contribution is 2.30. The summed E-state index contributed by atoms with van der Waals surface area (Å²) in [5.74, 6) is -0.426. The van der Waals surface area contributed by atoms with Crippen molar-refractivity contribution in [3.05, 3.63) is 82.9 Å². The first-order valence-electron chi connectivity index (χ1n) is 11.3. The second-order valence-corrected chi connectivity index (χ2v) is 8.93. The summed E-state index contributed by atoms with van der Waals surface area (Å²) in [6.45, 7) is 0.895. The van der Waals surface area contributed by atoms with Gasteiger partial charge in [-0.15, -0.1) is 18.5 Å². The molecule has 0 amide bonds. The number of fused-ring (bicyclic) bond motifs is 1. The van der Waals surface area contributed by atoms with Crippen LogP contribution in [0.5, 0.6) is 0 Å². The maximum atomic E-state index is 12.3. The van der Waals surface area contributed by atoms with Gasteiger partial charge in [-0.25, -0.2) is 14.6 Å². The number of benzene rings is 2. The lowest BCUT2D eigenvalue weighted by Crippen LogP contribution is -2.34. The summed E-state index contributed by atoms with van der Waals surface area (Å²) >= 11 is 0. The van der Waals surface area contributed by atoms with Crippen LogP contribution in [0.2, 0.25) is 0 Å². The van der Waals surface area contributed by atoms with Crippen molar-refractivity contribution >= 4 is 36.6 Å². The average molecular weight is 500 g/mol. The molecule has 0 spiro atoms. The third kappa shape index (κ3) is 6.82. The van der Waals surface area contributed by atoms with E-state index in [1.165, 1.54) is 17.2 Å². The zero-order valence-electron chi connectivity index (χ0n) is 18.9. The monoisotopic (exact) mass is 500 g/mol. The van der Waals surface area contributed by atoms with E-state index in [2.05, 4.69) is 42.7 Å². The fourth-order valence-electron chi connectivity index (χ4n) is 3.85. The van der Waals surface area contributed by atoms with Crippen LogP contribution in [-0.4, -0.2) is 50.2 Å². The van der Waals surface area contributed by atoms with E-state index in [9.17, 15) is 4.79 Å². The molecule has 0 N–H and O–H groups in total. The van der Waals surface area contributed by atoms with Crippen LogP contribution in [0.1, 0.15) is 22.3 Å². The molecule has 2 fully saturated rings. The molecular formula is C26H30O6P2. The second-order valence-electron chi connectivity index (χ2n) is 8.12. The summed E-state index contributed by atoms with van der Waals surface area (Å²) in [5.41, 5.74) is 4.53. The van der Waals surface area contributed by atoms with Crippen molar-refractivity contribution in [2.45, 2.75) is 36.7 Å². The van der Waals surface area contributed by atoms with E-state index in [1.54, 1.807) is 6.08 Å². The summed E-state index contributed by atoms with van der Waals surface area (Å²) in [5, 5.41) is 0. The van der Waals surface area contributed by atoms with E-state index >= 15 is 0 Å². The Morgan fingerprint density at radius 2 is 1.41 bits per heavy atom. The Bertz CT molecular complexity index is 989. The predicted octanol–water partition coefficient (Wildman–Crippen LogP) is 4.19. The molecule has 2 aliphatic rings. The van der Waals surface area contributed by atoms with Gasteiger partial charge in [-0.05, 0) is 40.7 Å². The van der Waals surface area contributed by atoms with Crippen LogP contribution in [0.15, 0.2) is 60.7 Å². The van der Waals surface area contributed by atoms with Crippen LogP contribution in [0, 0.1) is 0 Å². The molecule has 6 nitrogen and oxygen atoms in total. The van der Waals surface area contributed by atoms with Crippen LogP contribution in [0.25, 0.3) is 12.2 Å². The van der Waals surface area contributed by atoms with Crippen LogP contribution in [0.4, 0.5) is 0 Å². The lowest BCUT2D eigenvalue weighted by molar-refractivity contribution is -0.326. The summed E-state index contributed by atoms with van der Waals surface area (Å²) in [7, 11) is 5.40. The third-order valence-electron chi connectivity index (χ3n) is 5.74. The summed E-state index contributed by atoms with van der Waals surface area (Å²) in [6, 6.07) is 16.3. The molecule has 0 aromatic heterocycles. The molecule has 34 heavy (non-hydrogen) atoms. The Kier molecular flexibility index (Phi) is 9.41. The van der Waals surface area contributed by atoms with E-state index in [1.807, 2.05) is 36.4 Å². The topological polar surface area (TPSA) is 63.2 Å². The van der Waals surface area contributed by atoms with E-state index < -0.39 is 12.1 Å². The molecule has 2 aromatic rings. The van der Waals surface area contributed by atoms with Gasteiger partial charge < -0.3 is 14.2 Å². The third-order valence-corrected chi connectivity index (χ3v) is 6.68. The summed E-state index contributed by atoms with van der Waals surface area (Å²) in [6.07, 6.45) is 7.35. The Balaban J connectivity index is 1.18. The van der Waals surface area contributed by atoms with Crippen molar-refractivity contribution in [3.63, 3.8) is 0 Å². The van der Waals surface area contributed by atoms with Crippen molar-refractivity contribution in [2.75, 3.05) is 19.8 Å². The smallest absolute Gasteiger partial charge is 0.331 e. The first-order chi connectivity index (χ1) is 16.7. The molecule has 0 bridgehead atoms. The Morgan fingerprint density at radius 3 is 2.03 bits per heavy atom. The van der Waals surface area contributed by atoms with Crippen molar-refractivity contribution in [2.24, 2.45) is 0 Å². The van der Waals surface area contributed by atoms with Crippen molar-refractivity contribution in [3.8, 4) is 0 Å². The summed E-state index contributed by atoms with van der Waals surface area (Å²) < 4.78 is 17.1. The number of hydrogen-bond donors (Lipinski definition) is 0. The minimum atomic E-state index is -0.473. The number of ether oxygens (including phenoxy) is 3. The van der Waals surface area contributed by atoms with Crippen molar-refractivity contribution < 1.29 is 28.8 Å². The number of carbonyl (C=O) groups is 1. The minimum Gasteiger partial charge on any atom is -0.454 e. The van der Waals surface area contributed by atoms with E-state index in [-0.39, 0.29) is 24.9 Å². The van der Waals surface area contributed by atoms with E-state index in [0.29, 0.717) is 13.2 Å². The van der Waals surface area contributed by atoms with Gasteiger partial charge in [0.1, 0.15) is 24.9 Å². The zero-order valence-corrected chi connectivity index (χ0v) is 21.2. The maximum absolute atomic E-state index is 12.3. The molecule has 2 heterocycles. The first-order valence-corrected chi connectivity index (χ1v) is 12.9. The lowest BCUT2D eigenvalue weighted by atomic mass is 10.1. The van der Waals surface area contributed by atoms with Crippen LogP contribution >= 0.6 is 18.5 Å². The minimum absolute atomic E-state index is 0.268. The molecular weight excluding hydrogens is 470 g/mol. The average Bonchev–Trinajstić information content (AvgIpc) is 3.46. The van der Waals surface area contributed by atoms with Gasteiger partial charge in [-0.1, -0.05) is 60.7 Å². The molecule has 180 valence electrons. The van der Waals surface area contributed by atoms with Crippen LogP contribution in [0.3, 0.4) is 0 Å². The SMILES string of the molecule is O=C(/C=C/c1ccc(CP)cc1)O[C@@H]1CO[C@H]2[C@@H]1OC[C@@H]2OOC/C=C/c1ccc(CP)cc1. The number of rotatable bonds is 10. The molecule has 8 heteroatoms. The molecule has 0 aliphatic carbocycles. The molecule has 2 unspecified atom stereocenters. The van der Waals surface area contributed by atoms with Crippen LogP contribution < -0.4 is 0 Å². The lowest BCUT2D eigenvalue weighted by Gasteiger charge is -2.16. The maximum Gasteiger partial charge on any atom is 0.331 e. The van der Waals surface area contributed by atoms with Crippen molar-refractivity contribution in [1.82, 2.24) is 0 Å². The fraction of sp³-hybridized carbons (Fsp3) is 0.346. The number of hydrogen-bond acceptors (Lipinski definition) is 6. The standard InChI is InChI=1S/C26H30O6P2/c27-24(12-11-19-5-9-21(17-34)10-6-19)31-22-14-28-26-23(15-29-25(22)26)32-30-13-1-2-18-3-7-20(16-33)8-4-18/h1-12,22-23,25-26H,13-17,33-34H2/b2-1+,12-11+/t22-,23+,25-,26-/m1/s1. The van der Waals surface area contributed by atoms with E-state index in [4.69, 9.17) is 24.0 Å². The Labute approximate surface area is 205 Å². The van der Waals surface area contributed by atoms with Crippen molar-refractivity contribution in [1.29, 1.82) is 0 Å². The Hall–Kier alpha value is -1.91. The van der Waals surface area contributed by atoms with Gasteiger partial charge in [0.2, 0.25) is 0 Å². The molecule has 2 aliphatic heterocycles. The molecule has 4 rings (SSSR count). The summed E-state index contributed by atoms with van der Waals surface area (Å²) in [4.78, 5) is 23.1. The quantitative estimate of drug-likeness (QED) is 0.122. The zero-order chi connectivity index (χ0) is 23.8. The number of carbonyl (C=O) groups excluding carboxylic acids is 1. The molecule has 2 aromatic carbocycles. The predicted molar refractivity (Wildman–Crippen MR) is 138 cm³/mol. The van der Waals surface area contributed by atoms with Gasteiger partial charge in [0.25, 0.3) is 0 Å². The van der Waals surface area contributed by atoms with Gasteiger partial charge in [0.05, 0.1) is 13.2 Å². The highest BCUT2D eigenvalue weighted by Gasteiger charge is 2.50. The van der Waals surface area contributed by atoms with Gasteiger partial charge in [-0.2, -0.15) is 0 Å². The van der Waals surface area contributed by atoms with Gasteiger partial charge >= 0.3 is 5.97 Å².